The molecule has 0 radical (unpaired) electrons. The van der Waals surface area contributed by atoms with Gasteiger partial charge in [0.15, 0.2) is 9.84 Å². The van der Waals surface area contributed by atoms with Gasteiger partial charge in [-0.25, -0.2) is 13.2 Å². The lowest BCUT2D eigenvalue weighted by molar-refractivity contribution is 0.136. The van der Waals surface area contributed by atoms with E-state index < -0.39 is 21.2 Å². The van der Waals surface area contributed by atoms with Crippen LogP contribution in [-0.4, -0.2) is 42.9 Å². The van der Waals surface area contributed by atoms with Gasteiger partial charge in [-0.3, -0.25) is 0 Å². The molecule has 0 aliphatic carbocycles. The number of hydrogen-bond acceptors (Lipinski definition) is 3. The van der Waals surface area contributed by atoms with Crippen molar-refractivity contribution in [3.63, 3.8) is 0 Å². The van der Waals surface area contributed by atoms with E-state index >= 15 is 0 Å². The van der Waals surface area contributed by atoms with E-state index in [1.807, 2.05) is 0 Å². The Morgan fingerprint density at radius 2 is 1.74 bits per heavy atom. The molecule has 19 heavy (non-hydrogen) atoms. The molecule has 7 heteroatoms. The van der Waals surface area contributed by atoms with Crippen LogP contribution in [0.2, 0.25) is 5.02 Å². The molecule has 104 valence electrons. The van der Waals surface area contributed by atoms with Crippen molar-refractivity contribution in [2.75, 3.05) is 13.1 Å². The molecule has 1 aliphatic heterocycles. The van der Waals surface area contributed by atoms with Crippen LogP contribution in [0.15, 0.2) is 29.2 Å². The Kier molecular flexibility index (Phi) is 4.01. The highest BCUT2D eigenvalue weighted by molar-refractivity contribution is 7.92. The third-order valence-electron chi connectivity index (χ3n) is 3.29. The first kappa shape index (κ1) is 14.1. The van der Waals surface area contributed by atoms with Crippen molar-refractivity contribution >= 4 is 27.5 Å². The van der Waals surface area contributed by atoms with Gasteiger partial charge in [-0.2, -0.15) is 0 Å². The first-order valence-electron chi connectivity index (χ1n) is 5.88. The normalized spacial score (nSPS) is 17.4. The minimum atomic E-state index is -3.41. The number of rotatable bonds is 2. The second-order valence-corrected chi connectivity index (χ2v) is 7.13. The maximum absolute atomic E-state index is 12.4. The minimum absolute atomic E-state index is 0.241. The van der Waals surface area contributed by atoms with Gasteiger partial charge in [-0.1, -0.05) is 11.6 Å². The first-order chi connectivity index (χ1) is 8.91. The van der Waals surface area contributed by atoms with Gasteiger partial charge in [-0.05, 0) is 37.1 Å². The number of halogens is 1. The molecule has 1 fully saturated rings. The van der Waals surface area contributed by atoms with E-state index in [2.05, 4.69) is 0 Å². The molecule has 0 bridgehead atoms. The van der Waals surface area contributed by atoms with Crippen molar-refractivity contribution in [2.24, 2.45) is 0 Å². The molecule has 0 unspecified atom stereocenters. The maximum Gasteiger partial charge on any atom is 0.407 e. The highest BCUT2D eigenvalue weighted by Crippen LogP contribution is 2.25. The number of likely N-dealkylation sites (tertiary alicyclic amines) is 1. The van der Waals surface area contributed by atoms with Crippen LogP contribution in [0.25, 0.3) is 0 Å². The summed E-state index contributed by atoms with van der Waals surface area (Å²) in [5.74, 6) is 0. The fourth-order valence-corrected chi connectivity index (χ4v) is 4.03. The summed E-state index contributed by atoms with van der Waals surface area (Å²) < 4.78 is 24.7. The molecule has 0 spiro atoms. The number of piperidine rings is 1. The number of hydrogen-bond donors (Lipinski definition) is 1. The van der Waals surface area contributed by atoms with Crippen molar-refractivity contribution in [2.45, 2.75) is 23.0 Å². The van der Waals surface area contributed by atoms with Crippen molar-refractivity contribution in [3.8, 4) is 0 Å². The van der Waals surface area contributed by atoms with Crippen LogP contribution in [0.5, 0.6) is 0 Å². The van der Waals surface area contributed by atoms with E-state index in [-0.39, 0.29) is 18.0 Å². The topological polar surface area (TPSA) is 74.7 Å². The molecule has 1 heterocycles. The summed E-state index contributed by atoms with van der Waals surface area (Å²) in [6.45, 7) is 0.514. The monoisotopic (exact) mass is 303 g/mol. The van der Waals surface area contributed by atoms with Gasteiger partial charge in [-0.15, -0.1) is 0 Å². The summed E-state index contributed by atoms with van der Waals surface area (Å²) in [5, 5.41) is 8.80. The Hall–Kier alpha value is -1.27. The Morgan fingerprint density at radius 3 is 2.21 bits per heavy atom. The van der Waals surface area contributed by atoms with Gasteiger partial charge < -0.3 is 10.0 Å². The predicted octanol–water partition coefficient (Wildman–Crippen LogP) is 2.26. The Labute approximate surface area is 116 Å². The van der Waals surface area contributed by atoms with Crippen LogP contribution in [0.4, 0.5) is 4.79 Å². The zero-order valence-corrected chi connectivity index (χ0v) is 11.7. The van der Waals surface area contributed by atoms with Crippen molar-refractivity contribution < 1.29 is 18.3 Å². The molecule has 1 saturated heterocycles. The number of benzene rings is 1. The minimum Gasteiger partial charge on any atom is -0.465 e. The highest BCUT2D eigenvalue weighted by atomic mass is 35.5. The van der Waals surface area contributed by atoms with Crippen molar-refractivity contribution in [1.29, 1.82) is 0 Å². The standard InChI is InChI=1S/C12H14ClNO4S/c13-9-1-3-10(4-2-9)19(17,18)11-5-7-14(8-6-11)12(15)16/h1-4,11H,5-8H2,(H,15,16). The zero-order chi connectivity index (χ0) is 14.0. The van der Waals surface area contributed by atoms with Gasteiger partial charge in [0, 0.05) is 18.1 Å². The lowest BCUT2D eigenvalue weighted by Gasteiger charge is -2.29. The molecule has 0 aromatic heterocycles. The zero-order valence-electron chi connectivity index (χ0n) is 10.1. The third kappa shape index (κ3) is 3.01. The van der Waals surface area contributed by atoms with Gasteiger partial charge >= 0.3 is 6.09 Å². The molecule has 0 atom stereocenters. The van der Waals surface area contributed by atoms with Crippen molar-refractivity contribution in [3.05, 3.63) is 29.3 Å². The Bertz CT molecular complexity index is 562. The molecule has 5 nitrogen and oxygen atoms in total. The maximum atomic E-state index is 12.4. The quantitative estimate of drug-likeness (QED) is 0.909. The van der Waals surface area contributed by atoms with Crippen LogP contribution in [0.3, 0.4) is 0 Å². The molecule has 0 saturated carbocycles. The largest absolute Gasteiger partial charge is 0.465 e. The summed E-state index contributed by atoms with van der Waals surface area (Å²) in [6.07, 6.45) is -0.337. The first-order valence-corrected chi connectivity index (χ1v) is 7.81. The van der Waals surface area contributed by atoms with E-state index in [1.54, 1.807) is 12.1 Å². The Morgan fingerprint density at radius 1 is 1.21 bits per heavy atom. The van der Waals surface area contributed by atoms with Crippen LogP contribution < -0.4 is 0 Å². The SMILES string of the molecule is O=C(O)N1CCC(S(=O)(=O)c2ccc(Cl)cc2)CC1. The van der Waals surface area contributed by atoms with Gasteiger partial charge in [0.1, 0.15) is 0 Å². The molecular formula is C12H14ClNO4S. The second kappa shape index (κ2) is 5.38. The molecule has 1 N–H and O–H groups in total. The van der Waals surface area contributed by atoms with Gasteiger partial charge in [0.2, 0.25) is 0 Å². The molecule has 1 aliphatic rings. The van der Waals surface area contributed by atoms with Crippen LogP contribution in [-0.2, 0) is 9.84 Å². The smallest absolute Gasteiger partial charge is 0.407 e. The number of amides is 1. The van der Waals surface area contributed by atoms with E-state index in [0.717, 1.165) is 0 Å². The predicted molar refractivity (Wildman–Crippen MR) is 71.3 cm³/mol. The molecule has 2 rings (SSSR count). The Balaban J connectivity index is 2.14. The fraction of sp³-hybridized carbons (Fsp3) is 0.417. The number of carboxylic acid groups (broad SMARTS) is 1. The summed E-state index contributed by atoms with van der Waals surface area (Å²) in [5.41, 5.74) is 0. The lowest BCUT2D eigenvalue weighted by atomic mass is 10.1. The van der Waals surface area contributed by atoms with E-state index in [4.69, 9.17) is 16.7 Å². The highest BCUT2D eigenvalue weighted by Gasteiger charge is 2.32. The van der Waals surface area contributed by atoms with Gasteiger partial charge in [0.05, 0.1) is 10.1 Å². The molecule has 1 aromatic rings. The summed E-state index contributed by atoms with van der Waals surface area (Å²) >= 11 is 5.73. The van der Waals surface area contributed by atoms with E-state index in [9.17, 15) is 13.2 Å². The number of carbonyl (C=O) groups is 1. The fourth-order valence-electron chi connectivity index (χ4n) is 2.17. The van der Waals surface area contributed by atoms with Crippen LogP contribution >= 0.6 is 11.6 Å². The van der Waals surface area contributed by atoms with E-state index in [1.165, 1.54) is 17.0 Å². The third-order valence-corrected chi connectivity index (χ3v) is 5.82. The molecule has 1 amide bonds. The van der Waals surface area contributed by atoms with Crippen LogP contribution in [0.1, 0.15) is 12.8 Å². The summed E-state index contributed by atoms with van der Waals surface area (Å²) in [7, 11) is -3.41. The average Bonchev–Trinajstić information content (AvgIpc) is 2.39. The summed E-state index contributed by atoms with van der Waals surface area (Å²) in [6, 6.07) is 6.06. The molecule has 1 aromatic carbocycles. The van der Waals surface area contributed by atoms with Crippen LogP contribution in [0, 0.1) is 0 Å². The summed E-state index contributed by atoms with van der Waals surface area (Å²) in [4.78, 5) is 12.3. The van der Waals surface area contributed by atoms with Crippen molar-refractivity contribution in [1.82, 2.24) is 4.90 Å². The molecular weight excluding hydrogens is 290 g/mol. The number of sulfone groups is 1. The lowest BCUT2D eigenvalue weighted by Crippen LogP contribution is -2.41. The van der Waals surface area contributed by atoms with E-state index in [0.29, 0.717) is 17.9 Å². The number of nitrogens with zero attached hydrogens (tertiary/aromatic N) is 1. The average molecular weight is 304 g/mol. The van der Waals surface area contributed by atoms with Gasteiger partial charge in [0.25, 0.3) is 0 Å². The second-order valence-electron chi connectivity index (χ2n) is 4.47.